The Morgan fingerprint density at radius 1 is 1.06 bits per heavy atom. The molecule has 7 heteroatoms. The Morgan fingerprint density at radius 2 is 1.82 bits per heavy atom. The first-order chi connectivity index (χ1) is 16.1. The van der Waals surface area contributed by atoms with E-state index in [-0.39, 0.29) is 11.5 Å². The fourth-order valence-corrected chi connectivity index (χ4v) is 4.06. The van der Waals surface area contributed by atoms with E-state index in [4.69, 9.17) is 17.0 Å². The number of fused-ring (bicyclic) bond motifs is 1. The number of hydrogen-bond acceptors (Lipinski definition) is 4. The molecule has 0 radical (unpaired) electrons. The summed E-state index contributed by atoms with van der Waals surface area (Å²) in [5.74, 6) is -0.249. The minimum Gasteiger partial charge on any atom is -0.385 e. The van der Waals surface area contributed by atoms with Crippen molar-refractivity contribution in [2.75, 3.05) is 19.0 Å². The second kappa shape index (κ2) is 10.4. The molecule has 0 aliphatic carbocycles. The van der Waals surface area contributed by atoms with Gasteiger partial charge in [-0.25, -0.2) is 0 Å². The lowest BCUT2D eigenvalue weighted by Gasteiger charge is -2.12. The van der Waals surface area contributed by atoms with E-state index < -0.39 is 0 Å². The first-order valence-corrected chi connectivity index (χ1v) is 11.2. The van der Waals surface area contributed by atoms with E-state index in [0.29, 0.717) is 47.2 Å². The lowest BCUT2D eigenvalue weighted by molar-refractivity contribution is 0.102. The van der Waals surface area contributed by atoms with E-state index in [1.165, 1.54) is 10.1 Å². The van der Waals surface area contributed by atoms with Crippen LogP contribution in [0.5, 0.6) is 0 Å². The Morgan fingerprint density at radius 3 is 2.61 bits per heavy atom. The molecule has 6 nitrogen and oxygen atoms in total. The largest absolute Gasteiger partial charge is 0.385 e. The number of aromatic amines is 1. The minimum absolute atomic E-state index is 0.176. The number of para-hydroxylation sites is 1. The third-order valence-electron chi connectivity index (χ3n) is 5.48. The fourth-order valence-electron chi connectivity index (χ4n) is 3.77. The SMILES string of the molecule is COCCCn1c(=S)[nH]c2cc(C(=O)Nc3ccccc3Cc3ccccc3)ccc2c1=O. The number of ether oxygens (including phenoxy) is 1. The summed E-state index contributed by atoms with van der Waals surface area (Å²) in [5.41, 5.74) is 3.76. The highest BCUT2D eigenvalue weighted by atomic mass is 32.1. The third kappa shape index (κ3) is 5.27. The molecule has 168 valence electrons. The molecule has 0 aliphatic rings. The van der Waals surface area contributed by atoms with Crippen LogP contribution < -0.4 is 10.9 Å². The molecule has 0 fully saturated rings. The van der Waals surface area contributed by atoms with Crippen LogP contribution in [0, 0.1) is 4.77 Å². The molecule has 0 unspecified atom stereocenters. The van der Waals surface area contributed by atoms with Crippen LogP contribution in [-0.4, -0.2) is 29.2 Å². The molecule has 0 bridgehead atoms. The van der Waals surface area contributed by atoms with Crippen molar-refractivity contribution >= 4 is 34.7 Å². The van der Waals surface area contributed by atoms with Crippen molar-refractivity contribution in [3.63, 3.8) is 0 Å². The van der Waals surface area contributed by atoms with Crippen LogP contribution in [0.1, 0.15) is 27.9 Å². The molecule has 0 saturated heterocycles. The predicted molar refractivity (Wildman–Crippen MR) is 134 cm³/mol. The zero-order valence-corrected chi connectivity index (χ0v) is 19.2. The first-order valence-electron chi connectivity index (χ1n) is 10.8. The Bertz CT molecular complexity index is 1390. The summed E-state index contributed by atoms with van der Waals surface area (Å²) in [6.07, 6.45) is 1.40. The lowest BCUT2D eigenvalue weighted by Crippen LogP contribution is -2.23. The molecule has 1 heterocycles. The molecule has 0 saturated carbocycles. The van der Waals surface area contributed by atoms with Crippen LogP contribution in [0.25, 0.3) is 10.9 Å². The monoisotopic (exact) mass is 459 g/mol. The topological polar surface area (TPSA) is 76.1 Å². The molecule has 4 aromatic rings. The Balaban J connectivity index is 1.59. The molecule has 1 amide bonds. The molecular weight excluding hydrogens is 434 g/mol. The number of nitrogens with zero attached hydrogens (tertiary/aromatic N) is 1. The Kier molecular flexibility index (Phi) is 7.12. The van der Waals surface area contributed by atoms with E-state index in [1.807, 2.05) is 42.5 Å². The number of aromatic nitrogens is 2. The maximum Gasteiger partial charge on any atom is 0.262 e. The smallest absolute Gasteiger partial charge is 0.262 e. The summed E-state index contributed by atoms with van der Waals surface area (Å²) >= 11 is 5.38. The number of amides is 1. The van der Waals surface area contributed by atoms with Gasteiger partial charge in [0.25, 0.3) is 11.5 Å². The van der Waals surface area contributed by atoms with Gasteiger partial charge in [0, 0.05) is 31.5 Å². The molecule has 0 spiro atoms. The number of hydrogen-bond donors (Lipinski definition) is 2. The van der Waals surface area contributed by atoms with Gasteiger partial charge in [-0.2, -0.15) is 0 Å². The summed E-state index contributed by atoms with van der Waals surface area (Å²) in [5, 5.41) is 3.50. The summed E-state index contributed by atoms with van der Waals surface area (Å²) in [6, 6.07) is 22.9. The standard InChI is InChI=1S/C26H25N3O3S/c1-32-15-7-14-29-25(31)21-13-12-20(17-23(21)28-26(29)33)24(30)27-22-11-6-5-10-19(22)16-18-8-3-2-4-9-18/h2-6,8-13,17H,7,14-16H2,1H3,(H,27,30)(H,28,33). The zero-order valence-electron chi connectivity index (χ0n) is 18.3. The summed E-state index contributed by atoms with van der Waals surface area (Å²) in [7, 11) is 1.62. The van der Waals surface area contributed by atoms with Gasteiger partial charge in [-0.05, 0) is 60.5 Å². The molecular formula is C26H25N3O3S. The van der Waals surface area contributed by atoms with Crippen molar-refractivity contribution in [2.45, 2.75) is 19.4 Å². The second-order valence-corrected chi connectivity index (χ2v) is 8.15. The van der Waals surface area contributed by atoms with Crippen molar-refractivity contribution in [3.8, 4) is 0 Å². The number of nitrogens with one attached hydrogen (secondary N) is 2. The highest BCUT2D eigenvalue weighted by Crippen LogP contribution is 2.20. The Hall–Kier alpha value is -3.55. The number of H-pyrrole nitrogens is 1. The molecule has 33 heavy (non-hydrogen) atoms. The second-order valence-electron chi connectivity index (χ2n) is 7.77. The maximum absolute atomic E-state index is 13.0. The molecule has 2 N–H and O–H groups in total. The van der Waals surface area contributed by atoms with Crippen molar-refractivity contribution in [3.05, 3.63) is 105 Å². The van der Waals surface area contributed by atoms with E-state index in [1.54, 1.807) is 25.3 Å². The van der Waals surface area contributed by atoms with Gasteiger partial charge in [0.15, 0.2) is 4.77 Å². The van der Waals surface area contributed by atoms with E-state index >= 15 is 0 Å². The summed E-state index contributed by atoms with van der Waals surface area (Å²) < 4.78 is 6.91. The zero-order chi connectivity index (χ0) is 23.2. The number of benzene rings is 3. The summed E-state index contributed by atoms with van der Waals surface area (Å²) in [6.45, 7) is 1.02. The van der Waals surface area contributed by atoms with Crippen molar-refractivity contribution in [1.29, 1.82) is 0 Å². The van der Waals surface area contributed by atoms with Gasteiger partial charge in [0.1, 0.15) is 0 Å². The average molecular weight is 460 g/mol. The molecule has 0 aliphatic heterocycles. The minimum atomic E-state index is -0.249. The summed E-state index contributed by atoms with van der Waals surface area (Å²) in [4.78, 5) is 29.0. The van der Waals surface area contributed by atoms with Crippen LogP contribution >= 0.6 is 12.2 Å². The van der Waals surface area contributed by atoms with Crippen molar-refractivity contribution < 1.29 is 9.53 Å². The van der Waals surface area contributed by atoms with E-state index in [9.17, 15) is 9.59 Å². The van der Waals surface area contributed by atoms with Crippen LogP contribution in [0.15, 0.2) is 77.6 Å². The van der Waals surface area contributed by atoms with Gasteiger partial charge in [-0.1, -0.05) is 48.5 Å². The fraction of sp³-hybridized carbons (Fsp3) is 0.192. The van der Waals surface area contributed by atoms with Gasteiger partial charge < -0.3 is 15.0 Å². The van der Waals surface area contributed by atoms with Crippen LogP contribution in [-0.2, 0) is 17.7 Å². The van der Waals surface area contributed by atoms with E-state index in [0.717, 1.165) is 11.3 Å². The molecule has 4 rings (SSSR count). The molecule has 3 aromatic carbocycles. The lowest BCUT2D eigenvalue weighted by atomic mass is 10.0. The normalized spacial score (nSPS) is 10.9. The number of methoxy groups -OCH3 is 1. The van der Waals surface area contributed by atoms with Crippen LogP contribution in [0.3, 0.4) is 0 Å². The molecule has 1 aromatic heterocycles. The van der Waals surface area contributed by atoms with Crippen LogP contribution in [0.4, 0.5) is 5.69 Å². The maximum atomic E-state index is 13.0. The van der Waals surface area contributed by atoms with E-state index in [2.05, 4.69) is 22.4 Å². The quantitative estimate of drug-likeness (QED) is 0.289. The Labute approximate surface area is 196 Å². The van der Waals surface area contributed by atoms with Gasteiger partial charge in [0.2, 0.25) is 0 Å². The van der Waals surface area contributed by atoms with Gasteiger partial charge in [0.05, 0.1) is 10.9 Å². The highest BCUT2D eigenvalue weighted by Gasteiger charge is 2.12. The third-order valence-corrected chi connectivity index (χ3v) is 5.80. The molecule has 0 atom stereocenters. The van der Waals surface area contributed by atoms with Crippen LogP contribution in [0.2, 0.25) is 0 Å². The average Bonchev–Trinajstić information content (AvgIpc) is 2.83. The first kappa shape index (κ1) is 22.6. The van der Waals surface area contributed by atoms with Crippen molar-refractivity contribution in [1.82, 2.24) is 9.55 Å². The highest BCUT2D eigenvalue weighted by molar-refractivity contribution is 7.71. The number of carbonyl (C=O) groups excluding carboxylic acids is 1. The van der Waals surface area contributed by atoms with Gasteiger partial charge in [-0.3, -0.25) is 14.2 Å². The number of anilines is 1. The van der Waals surface area contributed by atoms with Gasteiger partial charge in [-0.15, -0.1) is 0 Å². The van der Waals surface area contributed by atoms with Crippen molar-refractivity contribution in [2.24, 2.45) is 0 Å². The number of carbonyl (C=O) groups is 1. The number of rotatable bonds is 8. The predicted octanol–water partition coefficient (Wildman–Crippen LogP) is 4.94. The van der Waals surface area contributed by atoms with Gasteiger partial charge >= 0.3 is 0 Å².